The Hall–Kier alpha value is -0.530. The molecule has 2 heteroatoms. The van der Waals surface area contributed by atoms with Crippen molar-refractivity contribution in [2.75, 3.05) is 0 Å². The first-order valence-electron chi connectivity index (χ1n) is 5.76. The summed E-state index contributed by atoms with van der Waals surface area (Å²) in [6, 6.07) is 0. The fraction of sp³-hybridized carbons (Fsp3) is 0.917. The minimum Gasteiger partial charge on any atom is -0.481 e. The van der Waals surface area contributed by atoms with Crippen LogP contribution in [0.5, 0.6) is 0 Å². The Kier molecular flexibility index (Phi) is 2.32. The van der Waals surface area contributed by atoms with Gasteiger partial charge in [0.2, 0.25) is 0 Å². The smallest absolute Gasteiger partial charge is 0.307 e. The molecule has 2 saturated carbocycles. The van der Waals surface area contributed by atoms with E-state index >= 15 is 0 Å². The molecule has 80 valence electrons. The first kappa shape index (κ1) is 10.0. The van der Waals surface area contributed by atoms with Gasteiger partial charge in [0.15, 0.2) is 0 Å². The van der Waals surface area contributed by atoms with Gasteiger partial charge in [-0.1, -0.05) is 39.5 Å². The van der Waals surface area contributed by atoms with E-state index in [9.17, 15) is 4.79 Å². The third kappa shape index (κ3) is 1.55. The van der Waals surface area contributed by atoms with Crippen LogP contribution in [0.3, 0.4) is 0 Å². The maximum absolute atomic E-state index is 11.0. The molecule has 0 amide bonds. The molecule has 2 atom stereocenters. The van der Waals surface area contributed by atoms with Crippen molar-refractivity contribution in [3.05, 3.63) is 0 Å². The van der Waals surface area contributed by atoms with Crippen LogP contribution in [0.15, 0.2) is 0 Å². The minimum absolute atomic E-state index is 0.0639. The van der Waals surface area contributed by atoms with E-state index in [-0.39, 0.29) is 11.3 Å². The van der Waals surface area contributed by atoms with Crippen LogP contribution in [0, 0.1) is 23.2 Å². The predicted octanol–water partition coefficient (Wildman–Crippen LogP) is 2.92. The van der Waals surface area contributed by atoms with Gasteiger partial charge in [0.05, 0.1) is 5.92 Å². The number of hydrogen-bond acceptors (Lipinski definition) is 1. The van der Waals surface area contributed by atoms with Crippen molar-refractivity contribution >= 4 is 5.97 Å². The van der Waals surface area contributed by atoms with Gasteiger partial charge in [0.25, 0.3) is 0 Å². The molecule has 1 N–H and O–H groups in total. The van der Waals surface area contributed by atoms with E-state index in [2.05, 4.69) is 13.8 Å². The van der Waals surface area contributed by atoms with E-state index in [4.69, 9.17) is 5.11 Å². The van der Waals surface area contributed by atoms with Crippen LogP contribution in [-0.4, -0.2) is 11.1 Å². The summed E-state index contributed by atoms with van der Waals surface area (Å²) in [7, 11) is 0. The van der Waals surface area contributed by atoms with E-state index in [0.29, 0.717) is 5.92 Å². The fourth-order valence-corrected chi connectivity index (χ4v) is 3.28. The van der Waals surface area contributed by atoms with Crippen molar-refractivity contribution in [2.24, 2.45) is 23.2 Å². The van der Waals surface area contributed by atoms with Crippen molar-refractivity contribution in [1.29, 1.82) is 0 Å². The van der Waals surface area contributed by atoms with Gasteiger partial charge in [-0.15, -0.1) is 0 Å². The van der Waals surface area contributed by atoms with Crippen LogP contribution in [0.25, 0.3) is 0 Å². The molecule has 2 aliphatic carbocycles. The van der Waals surface area contributed by atoms with Crippen molar-refractivity contribution in [3.63, 3.8) is 0 Å². The highest BCUT2D eigenvalue weighted by molar-refractivity contribution is 5.75. The lowest BCUT2D eigenvalue weighted by atomic mass is 9.97. The Morgan fingerprint density at radius 2 is 1.93 bits per heavy atom. The number of carboxylic acids is 1. The standard InChI is InChI=1S/C12H20O2/c1-12(2)9(10(12)11(13)14)7-8-5-3-4-6-8/h8-10H,3-7H2,1-2H3,(H,13,14). The summed E-state index contributed by atoms with van der Waals surface area (Å²) < 4.78 is 0. The molecule has 0 bridgehead atoms. The third-order valence-electron chi connectivity index (χ3n) is 4.38. The molecular formula is C12H20O2. The Morgan fingerprint density at radius 1 is 1.36 bits per heavy atom. The normalized spacial score (nSPS) is 35.9. The largest absolute Gasteiger partial charge is 0.481 e. The van der Waals surface area contributed by atoms with Gasteiger partial charge in [-0.2, -0.15) is 0 Å². The van der Waals surface area contributed by atoms with E-state index in [1.807, 2.05) is 0 Å². The van der Waals surface area contributed by atoms with Crippen molar-refractivity contribution in [2.45, 2.75) is 46.0 Å². The fourth-order valence-electron chi connectivity index (χ4n) is 3.28. The zero-order valence-corrected chi connectivity index (χ0v) is 9.12. The Bertz CT molecular complexity index is 239. The van der Waals surface area contributed by atoms with Gasteiger partial charge in [0.1, 0.15) is 0 Å². The number of aliphatic carboxylic acids is 1. The maximum atomic E-state index is 11.0. The van der Waals surface area contributed by atoms with Gasteiger partial charge in [0, 0.05) is 0 Å². The molecule has 0 spiro atoms. The van der Waals surface area contributed by atoms with Crippen LogP contribution < -0.4 is 0 Å². The van der Waals surface area contributed by atoms with E-state index in [1.54, 1.807) is 0 Å². The minimum atomic E-state index is -0.585. The van der Waals surface area contributed by atoms with Gasteiger partial charge in [-0.05, 0) is 23.7 Å². The van der Waals surface area contributed by atoms with Crippen LogP contribution in [-0.2, 0) is 4.79 Å². The summed E-state index contributed by atoms with van der Waals surface area (Å²) in [4.78, 5) is 11.0. The highest BCUT2D eigenvalue weighted by Crippen LogP contribution is 2.61. The van der Waals surface area contributed by atoms with Crippen molar-refractivity contribution < 1.29 is 9.90 Å². The Morgan fingerprint density at radius 3 is 2.36 bits per heavy atom. The molecular weight excluding hydrogens is 176 g/mol. The molecule has 0 radical (unpaired) electrons. The molecule has 2 unspecified atom stereocenters. The number of hydrogen-bond donors (Lipinski definition) is 1. The lowest BCUT2D eigenvalue weighted by molar-refractivity contribution is -0.139. The lowest BCUT2D eigenvalue weighted by Gasteiger charge is -2.08. The topological polar surface area (TPSA) is 37.3 Å². The quantitative estimate of drug-likeness (QED) is 0.753. The summed E-state index contributed by atoms with van der Waals surface area (Å²) in [6.45, 7) is 4.21. The SMILES string of the molecule is CC1(C)C(CC2CCCC2)C1C(=O)O. The summed E-state index contributed by atoms with van der Waals surface area (Å²) in [5.74, 6) is 0.618. The second-order valence-corrected chi connectivity index (χ2v) is 5.63. The molecule has 14 heavy (non-hydrogen) atoms. The molecule has 0 heterocycles. The van der Waals surface area contributed by atoms with Gasteiger partial charge in [-0.3, -0.25) is 4.79 Å². The number of rotatable bonds is 3. The highest BCUT2D eigenvalue weighted by Gasteiger charge is 2.61. The molecule has 2 nitrogen and oxygen atoms in total. The summed E-state index contributed by atoms with van der Waals surface area (Å²) in [6.07, 6.45) is 6.53. The van der Waals surface area contributed by atoms with Crippen LogP contribution in [0.4, 0.5) is 0 Å². The Balaban J connectivity index is 1.90. The van der Waals surface area contributed by atoms with Crippen LogP contribution >= 0.6 is 0 Å². The first-order chi connectivity index (χ1) is 6.53. The molecule has 0 aromatic heterocycles. The lowest BCUT2D eigenvalue weighted by Crippen LogP contribution is -2.03. The molecule has 0 saturated heterocycles. The number of carboxylic acid groups (broad SMARTS) is 1. The molecule has 2 rings (SSSR count). The molecule has 2 aliphatic rings. The Labute approximate surface area is 85.7 Å². The van der Waals surface area contributed by atoms with Gasteiger partial charge < -0.3 is 5.11 Å². The molecule has 0 aromatic rings. The highest BCUT2D eigenvalue weighted by atomic mass is 16.4. The maximum Gasteiger partial charge on any atom is 0.307 e. The van der Waals surface area contributed by atoms with Gasteiger partial charge in [-0.25, -0.2) is 0 Å². The molecule has 2 fully saturated rings. The van der Waals surface area contributed by atoms with Crippen molar-refractivity contribution in [1.82, 2.24) is 0 Å². The zero-order valence-electron chi connectivity index (χ0n) is 9.12. The van der Waals surface area contributed by atoms with Crippen LogP contribution in [0.2, 0.25) is 0 Å². The monoisotopic (exact) mass is 196 g/mol. The average Bonchev–Trinajstić information content (AvgIpc) is 2.50. The van der Waals surface area contributed by atoms with Crippen molar-refractivity contribution in [3.8, 4) is 0 Å². The summed E-state index contributed by atoms with van der Waals surface area (Å²) in [5, 5.41) is 9.03. The van der Waals surface area contributed by atoms with E-state index in [0.717, 1.165) is 12.3 Å². The number of carbonyl (C=O) groups is 1. The van der Waals surface area contributed by atoms with E-state index < -0.39 is 5.97 Å². The second kappa shape index (κ2) is 3.25. The first-order valence-corrected chi connectivity index (χ1v) is 5.76. The van der Waals surface area contributed by atoms with Crippen LogP contribution in [0.1, 0.15) is 46.0 Å². The third-order valence-corrected chi connectivity index (χ3v) is 4.38. The second-order valence-electron chi connectivity index (χ2n) is 5.63. The molecule has 0 aliphatic heterocycles. The van der Waals surface area contributed by atoms with E-state index in [1.165, 1.54) is 25.7 Å². The van der Waals surface area contributed by atoms with Gasteiger partial charge >= 0.3 is 5.97 Å². The summed E-state index contributed by atoms with van der Waals surface area (Å²) in [5.41, 5.74) is 0.0639. The predicted molar refractivity (Wildman–Crippen MR) is 55.0 cm³/mol. The molecule has 0 aromatic carbocycles. The zero-order chi connectivity index (χ0) is 10.3. The summed E-state index contributed by atoms with van der Waals surface area (Å²) >= 11 is 0. The average molecular weight is 196 g/mol.